The van der Waals surface area contributed by atoms with Gasteiger partial charge in [-0.3, -0.25) is 0 Å². The van der Waals surface area contributed by atoms with Gasteiger partial charge in [0.15, 0.2) is 12.6 Å². The first-order valence-corrected chi connectivity index (χ1v) is 10.6. The van der Waals surface area contributed by atoms with Crippen LogP contribution in [0, 0.1) is 0 Å². The Morgan fingerprint density at radius 2 is 1.32 bits per heavy atom. The number of hydrogen-bond donors (Lipinski definition) is 11. The smallest absolute Gasteiger partial charge is 0.225 e. The van der Waals surface area contributed by atoms with Gasteiger partial charge in [-0.2, -0.15) is 0 Å². The van der Waals surface area contributed by atoms with E-state index in [2.05, 4.69) is 0 Å². The van der Waals surface area contributed by atoms with Crippen molar-refractivity contribution >= 4 is 0 Å². The summed E-state index contributed by atoms with van der Waals surface area (Å²) < 4.78 is 25.8. The first-order chi connectivity index (χ1) is 15.9. The van der Waals surface area contributed by atoms with Crippen molar-refractivity contribution in [1.29, 1.82) is 0 Å². The van der Waals surface area contributed by atoms with Crippen molar-refractivity contribution in [3.63, 3.8) is 0 Å². The highest BCUT2D eigenvalue weighted by atomic mass is 16.8. The summed E-state index contributed by atoms with van der Waals surface area (Å²) in [7, 11) is 0. The highest BCUT2D eigenvalue weighted by molar-refractivity contribution is 5.13. The van der Waals surface area contributed by atoms with Gasteiger partial charge in [-0.25, -0.2) is 0 Å². The van der Waals surface area contributed by atoms with E-state index in [4.69, 9.17) is 28.8 Å². The maximum atomic E-state index is 10.7. The lowest BCUT2D eigenvalue weighted by Crippen LogP contribution is -2.46. The fraction of sp³-hybridized carbons (Fsp3) is 1.00. The Kier molecular flexibility index (Phi) is 7.52. The van der Waals surface area contributed by atoms with Crippen LogP contribution in [0.25, 0.3) is 0 Å². The Balaban J connectivity index is 1.34. The molecule has 0 aromatic rings. The van der Waals surface area contributed by atoms with Gasteiger partial charge in [-0.15, -0.1) is 0 Å². The van der Waals surface area contributed by atoms with Crippen LogP contribution in [-0.4, -0.2) is 167 Å². The molecule has 34 heavy (non-hydrogen) atoms. The van der Waals surface area contributed by atoms with Crippen LogP contribution in [0.15, 0.2) is 0 Å². The van der Waals surface area contributed by atoms with Crippen LogP contribution in [0.1, 0.15) is 0 Å². The summed E-state index contributed by atoms with van der Waals surface area (Å²) in [5, 5.41) is 109. The molecule has 4 rings (SSSR count). The molecule has 0 aromatic heterocycles. The average Bonchev–Trinajstić information content (AvgIpc) is 3.15. The van der Waals surface area contributed by atoms with Crippen LogP contribution in [0.5, 0.6) is 0 Å². The molecule has 0 amide bonds. The van der Waals surface area contributed by atoms with Crippen molar-refractivity contribution in [3.05, 3.63) is 0 Å². The maximum Gasteiger partial charge on any atom is 0.225 e. The molecule has 4 aliphatic heterocycles. The summed E-state index contributed by atoms with van der Waals surface area (Å²) in [4.78, 5) is 0. The quantitative estimate of drug-likeness (QED) is 0.137. The summed E-state index contributed by atoms with van der Waals surface area (Å²) in [5.74, 6) is -2.28. The van der Waals surface area contributed by atoms with E-state index in [9.17, 15) is 51.1 Å². The molecular formula is C18H30O16. The largest absolute Gasteiger partial charge is 0.394 e. The van der Waals surface area contributed by atoms with Gasteiger partial charge in [0, 0.05) is 0 Å². The molecule has 0 bridgehead atoms. The normalized spacial score (nSPS) is 55.0. The number of hydrogen-bond acceptors (Lipinski definition) is 16. The van der Waals surface area contributed by atoms with E-state index < -0.39 is 111 Å². The molecule has 4 aliphatic rings. The van der Waals surface area contributed by atoms with Crippen LogP contribution >= 0.6 is 0 Å². The third kappa shape index (κ3) is 4.37. The number of rotatable bonds is 8. The van der Waals surface area contributed by atoms with Crippen LogP contribution < -0.4 is 0 Å². The lowest BCUT2D eigenvalue weighted by atomic mass is 9.97. The van der Waals surface area contributed by atoms with E-state index in [-0.39, 0.29) is 0 Å². The fourth-order valence-corrected chi connectivity index (χ4v) is 4.52. The van der Waals surface area contributed by atoms with Crippen molar-refractivity contribution in [1.82, 2.24) is 0 Å². The second kappa shape index (κ2) is 9.67. The highest BCUT2D eigenvalue weighted by Gasteiger charge is 2.72. The molecule has 0 aromatic carbocycles. The highest BCUT2D eigenvalue weighted by Crippen LogP contribution is 2.48. The standard InChI is InChI=1S/C18H30O16/c19-1-3(20)11-7(24)10(27)17(33-11)30-2-4(21)12-5(22)8(25)14(31-12)18(29)15(34-18)13-6(23)9(26)16(28)32-13/h3-17,19-29H,1-2H2/t3?,4?,5?,6?,7?,8-,9-,10-,11-,12-,13+,14?,15?,16+,17+,18?/m0/s1. The topological polar surface area (TPSA) is 272 Å². The molecule has 16 heteroatoms. The van der Waals surface area contributed by atoms with Gasteiger partial charge >= 0.3 is 0 Å². The predicted octanol–water partition coefficient (Wildman–Crippen LogP) is -7.82. The summed E-state index contributed by atoms with van der Waals surface area (Å²) in [6, 6.07) is 0. The minimum absolute atomic E-state index is 0.650. The zero-order valence-corrected chi connectivity index (χ0v) is 17.5. The second-order valence-corrected chi connectivity index (χ2v) is 8.87. The first kappa shape index (κ1) is 26.4. The molecule has 0 radical (unpaired) electrons. The van der Waals surface area contributed by atoms with Gasteiger partial charge in [0.25, 0.3) is 0 Å². The van der Waals surface area contributed by atoms with E-state index in [0.29, 0.717) is 0 Å². The lowest BCUT2D eigenvalue weighted by Gasteiger charge is -2.24. The molecule has 16 nitrogen and oxygen atoms in total. The van der Waals surface area contributed by atoms with Crippen molar-refractivity contribution in [2.24, 2.45) is 0 Å². The Labute approximate surface area is 191 Å². The summed E-state index contributed by atoms with van der Waals surface area (Å²) in [6.07, 6.45) is -23.6. The van der Waals surface area contributed by atoms with Gasteiger partial charge in [0.05, 0.1) is 13.2 Å². The first-order valence-electron chi connectivity index (χ1n) is 10.6. The Morgan fingerprint density at radius 3 is 1.91 bits per heavy atom. The maximum absolute atomic E-state index is 10.7. The van der Waals surface area contributed by atoms with Crippen LogP contribution in [0.2, 0.25) is 0 Å². The van der Waals surface area contributed by atoms with Crippen molar-refractivity contribution in [2.75, 3.05) is 13.2 Å². The number of ether oxygens (including phenoxy) is 5. The molecule has 4 heterocycles. The zero-order valence-electron chi connectivity index (χ0n) is 17.5. The lowest BCUT2D eigenvalue weighted by molar-refractivity contribution is -0.204. The SMILES string of the molecule is OCC(O)[C@@H]1O[C@@H](OCC(O)[C@@H]2OC(C3(O)OC3[C@@H]3O[C@@H](O)[C@@H](O)C3O)[C@@H](O)C2O)[C@@H](O)C1O. The van der Waals surface area contributed by atoms with E-state index in [1.165, 1.54) is 0 Å². The minimum atomic E-state index is -2.28. The summed E-state index contributed by atoms with van der Waals surface area (Å²) >= 11 is 0. The second-order valence-electron chi connectivity index (χ2n) is 8.87. The predicted molar refractivity (Wildman–Crippen MR) is 99.1 cm³/mol. The van der Waals surface area contributed by atoms with E-state index >= 15 is 0 Å². The Hall–Kier alpha value is -0.640. The minimum Gasteiger partial charge on any atom is -0.394 e. The third-order valence-corrected chi connectivity index (χ3v) is 6.58. The molecule has 11 N–H and O–H groups in total. The molecule has 0 saturated carbocycles. The van der Waals surface area contributed by atoms with Crippen LogP contribution in [0.4, 0.5) is 0 Å². The zero-order chi connectivity index (χ0) is 25.1. The van der Waals surface area contributed by atoms with Crippen molar-refractivity contribution < 1.29 is 79.9 Å². The van der Waals surface area contributed by atoms with Gasteiger partial charge < -0.3 is 79.9 Å². The molecule has 8 unspecified atom stereocenters. The average molecular weight is 502 g/mol. The van der Waals surface area contributed by atoms with E-state index in [1.807, 2.05) is 0 Å². The number of epoxide rings is 1. The van der Waals surface area contributed by atoms with Gasteiger partial charge in [-0.1, -0.05) is 0 Å². The summed E-state index contributed by atoms with van der Waals surface area (Å²) in [5.41, 5.74) is 0. The van der Waals surface area contributed by atoms with Crippen LogP contribution in [-0.2, 0) is 23.7 Å². The van der Waals surface area contributed by atoms with Crippen molar-refractivity contribution in [2.45, 2.75) is 97.7 Å². The van der Waals surface area contributed by atoms with Gasteiger partial charge in [0.1, 0.15) is 79.4 Å². The third-order valence-electron chi connectivity index (χ3n) is 6.58. The Bertz CT molecular complexity index is 713. The Morgan fingerprint density at radius 1 is 0.706 bits per heavy atom. The van der Waals surface area contributed by atoms with Crippen LogP contribution in [0.3, 0.4) is 0 Å². The number of aliphatic hydroxyl groups excluding tert-OH is 10. The monoisotopic (exact) mass is 502 g/mol. The van der Waals surface area contributed by atoms with E-state index in [0.717, 1.165) is 0 Å². The van der Waals surface area contributed by atoms with E-state index in [1.54, 1.807) is 0 Å². The molecule has 4 saturated heterocycles. The fourth-order valence-electron chi connectivity index (χ4n) is 4.52. The molecule has 0 aliphatic carbocycles. The summed E-state index contributed by atoms with van der Waals surface area (Å²) in [6.45, 7) is -1.40. The van der Waals surface area contributed by atoms with Crippen molar-refractivity contribution in [3.8, 4) is 0 Å². The molecule has 0 spiro atoms. The molecule has 198 valence electrons. The van der Waals surface area contributed by atoms with Gasteiger partial charge in [-0.05, 0) is 0 Å². The molecular weight excluding hydrogens is 472 g/mol. The van der Waals surface area contributed by atoms with Gasteiger partial charge in [0.2, 0.25) is 5.79 Å². The molecule has 4 fully saturated rings. The molecule has 16 atom stereocenters. The number of aliphatic hydroxyl groups is 11.